The first-order valence-electron chi connectivity index (χ1n) is 4.87. The molecule has 1 rings (SSSR count). The van der Waals surface area contributed by atoms with Crippen molar-refractivity contribution in [1.29, 1.82) is 5.26 Å². The van der Waals surface area contributed by atoms with E-state index in [4.69, 9.17) is 5.26 Å². The number of carbonyl (C=O) groups excluding carboxylic acids is 1. The first-order chi connectivity index (χ1) is 8.10. The number of rotatable bonds is 2. The summed E-state index contributed by atoms with van der Waals surface area (Å²) in [6, 6.07) is 5.30. The molecule has 0 amide bonds. The van der Waals surface area contributed by atoms with Gasteiger partial charge in [0.2, 0.25) is 0 Å². The Balaban J connectivity index is 0.00000121. The number of esters is 1. The van der Waals surface area contributed by atoms with Gasteiger partial charge in [-0.2, -0.15) is 5.26 Å². The molecule has 0 radical (unpaired) electrons. The van der Waals surface area contributed by atoms with Crippen molar-refractivity contribution in [2.45, 2.75) is 13.8 Å². The second-order valence-electron chi connectivity index (χ2n) is 2.59. The van der Waals surface area contributed by atoms with Gasteiger partial charge in [-0.05, 0) is 12.1 Å². The van der Waals surface area contributed by atoms with Crippen LogP contribution in [0, 0.1) is 21.4 Å². The molecule has 0 atom stereocenters. The third-order valence-corrected chi connectivity index (χ3v) is 1.73. The number of methoxy groups -OCH3 is 1. The summed E-state index contributed by atoms with van der Waals surface area (Å²) in [5, 5.41) is 19.1. The molecule has 0 heterocycles. The zero-order valence-corrected chi connectivity index (χ0v) is 9.76. The van der Waals surface area contributed by atoms with Gasteiger partial charge in [0.1, 0.15) is 5.56 Å². The molecule has 0 saturated heterocycles. The van der Waals surface area contributed by atoms with Crippen LogP contribution in [0.2, 0.25) is 0 Å². The highest BCUT2D eigenvalue weighted by Gasteiger charge is 2.20. The molecule has 0 fully saturated rings. The molecule has 0 aliphatic heterocycles. The molecule has 0 aromatic heterocycles. The van der Waals surface area contributed by atoms with Crippen LogP contribution in [0.4, 0.5) is 5.69 Å². The molecule has 17 heavy (non-hydrogen) atoms. The van der Waals surface area contributed by atoms with E-state index in [1.807, 2.05) is 13.8 Å². The predicted octanol–water partition coefficient (Wildman–Crippen LogP) is 2.28. The lowest BCUT2D eigenvalue weighted by molar-refractivity contribution is -0.385. The smallest absolute Gasteiger partial charge is 0.344 e. The summed E-state index contributed by atoms with van der Waals surface area (Å²) in [4.78, 5) is 21.0. The largest absolute Gasteiger partial charge is 0.465 e. The molecule has 0 spiro atoms. The molecule has 1 aromatic carbocycles. The fourth-order valence-electron chi connectivity index (χ4n) is 1.03. The molecule has 6 heteroatoms. The summed E-state index contributed by atoms with van der Waals surface area (Å²) in [5.74, 6) is -0.800. The molecule has 6 nitrogen and oxygen atoms in total. The number of nitriles is 1. The standard InChI is InChI=1S/C9H6N2O4.C2H6/c1-15-9(12)7-3-2-6(5-10)4-8(7)11(13)14;1-2/h2-4H,1H3;1-2H3. The van der Waals surface area contributed by atoms with E-state index in [1.54, 1.807) is 6.07 Å². The fraction of sp³-hybridized carbons (Fsp3) is 0.273. The van der Waals surface area contributed by atoms with Crippen LogP contribution in [-0.4, -0.2) is 18.0 Å². The Morgan fingerprint density at radius 3 is 2.47 bits per heavy atom. The van der Waals surface area contributed by atoms with Crippen molar-refractivity contribution in [1.82, 2.24) is 0 Å². The van der Waals surface area contributed by atoms with Crippen molar-refractivity contribution < 1.29 is 14.5 Å². The van der Waals surface area contributed by atoms with E-state index in [1.165, 1.54) is 12.1 Å². The van der Waals surface area contributed by atoms with Crippen LogP contribution >= 0.6 is 0 Å². The van der Waals surface area contributed by atoms with Crippen LogP contribution < -0.4 is 0 Å². The number of nitrogens with zero attached hydrogens (tertiary/aromatic N) is 2. The molecular formula is C11H12N2O4. The Morgan fingerprint density at radius 1 is 1.47 bits per heavy atom. The minimum atomic E-state index is -0.800. The first kappa shape index (κ1) is 14.6. The second-order valence-corrected chi connectivity index (χ2v) is 2.59. The Kier molecular flexibility index (Phi) is 5.96. The summed E-state index contributed by atoms with van der Waals surface area (Å²) in [6.45, 7) is 4.00. The van der Waals surface area contributed by atoms with Crippen molar-refractivity contribution >= 4 is 11.7 Å². The number of nitro benzene ring substituents is 1. The van der Waals surface area contributed by atoms with Crippen LogP contribution in [0.1, 0.15) is 29.8 Å². The van der Waals surface area contributed by atoms with Crippen molar-refractivity contribution in [2.75, 3.05) is 7.11 Å². The van der Waals surface area contributed by atoms with Crippen molar-refractivity contribution in [3.8, 4) is 6.07 Å². The Hall–Kier alpha value is -2.42. The number of hydrogen-bond donors (Lipinski definition) is 0. The number of benzene rings is 1. The maximum absolute atomic E-state index is 11.1. The van der Waals surface area contributed by atoms with E-state index in [-0.39, 0.29) is 11.1 Å². The van der Waals surface area contributed by atoms with Gasteiger partial charge < -0.3 is 4.74 Å². The summed E-state index contributed by atoms with van der Waals surface area (Å²) >= 11 is 0. The maximum Gasteiger partial charge on any atom is 0.344 e. The van der Waals surface area contributed by atoms with Gasteiger partial charge in [-0.25, -0.2) is 4.79 Å². The van der Waals surface area contributed by atoms with E-state index in [9.17, 15) is 14.9 Å². The van der Waals surface area contributed by atoms with Crippen LogP contribution in [0.3, 0.4) is 0 Å². The van der Waals surface area contributed by atoms with Gasteiger partial charge in [-0.3, -0.25) is 10.1 Å². The third-order valence-electron chi connectivity index (χ3n) is 1.73. The zero-order valence-electron chi connectivity index (χ0n) is 9.76. The van der Waals surface area contributed by atoms with E-state index in [0.29, 0.717) is 0 Å². The molecule has 0 aliphatic rings. The maximum atomic E-state index is 11.1. The lowest BCUT2D eigenvalue weighted by Crippen LogP contribution is -2.05. The molecule has 0 unspecified atom stereocenters. The number of ether oxygens (including phenoxy) is 1. The van der Waals surface area contributed by atoms with Crippen LogP contribution in [-0.2, 0) is 4.74 Å². The molecule has 90 valence electrons. The number of nitro groups is 1. The Morgan fingerprint density at radius 2 is 2.06 bits per heavy atom. The molecular weight excluding hydrogens is 224 g/mol. The Labute approximate surface area is 98.6 Å². The van der Waals surface area contributed by atoms with Crippen molar-refractivity contribution in [3.63, 3.8) is 0 Å². The first-order valence-corrected chi connectivity index (χ1v) is 4.87. The lowest BCUT2D eigenvalue weighted by Gasteiger charge is -2.00. The highest BCUT2D eigenvalue weighted by molar-refractivity contribution is 5.94. The van der Waals surface area contributed by atoms with Gasteiger partial charge in [0, 0.05) is 6.07 Å². The normalized spacial score (nSPS) is 8.35. The van der Waals surface area contributed by atoms with Gasteiger partial charge in [-0.15, -0.1) is 0 Å². The number of carbonyl (C=O) groups is 1. The van der Waals surface area contributed by atoms with Crippen LogP contribution in [0.25, 0.3) is 0 Å². The van der Waals surface area contributed by atoms with Gasteiger partial charge in [0.05, 0.1) is 23.7 Å². The van der Waals surface area contributed by atoms with Gasteiger partial charge >= 0.3 is 5.97 Å². The van der Waals surface area contributed by atoms with Crippen molar-refractivity contribution in [2.24, 2.45) is 0 Å². The average Bonchev–Trinajstić information content (AvgIpc) is 2.39. The monoisotopic (exact) mass is 236 g/mol. The van der Waals surface area contributed by atoms with E-state index in [0.717, 1.165) is 13.2 Å². The molecule has 0 aliphatic carbocycles. The highest BCUT2D eigenvalue weighted by Crippen LogP contribution is 2.20. The molecule has 0 N–H and O–H groups in total. The van der Waals surface area contributed by atoms with Crippen molar-refractivity contribution in [3.05, 3.63) is 39.4 Å². The molecule has 0 bridgehead atoms. The fourth-order valence-corrected chi connectivity index (χ4v) is 1.03. The third kappa shape index (κ3) is 3.57. The van der Waals surface area contributed by atoms with E-state index in [2.05, 4.69) is 4.74 Å². The predicted molar refractivity (Wildman–Crippen MR) is 60.5 cm³/mol. The Bertz CT molecular complexity index is 463. The second kappa shape index (κ2) is 6.95. The van der Waals surface area contributed by atoms with Gasteiger partial charge in [0.25, 0.3) is 5.69 Å². The number of hydrogen-bond acceptors (Lipinski definition) is 5. The highest BCUT2D eigenvalue weighted by atomic mass is 16.6. The average molecular weight is 236 g/mol. The topological polar surface area (TPSA) is 93.2 Å². The quantitative estimate of drug-likeness (QED) is 0.446. The minimum Gasteiger partial charge on any atom is -0.465 e. The van der Waals surface area contributed by atoms with Crippen LogP contribution in [0.5, 0.6) is 0 Å². The summed E-state index contributed by atoms with van der Waals surface area (Å²) < 4.78 is 4.37. The lowest BCUT2D eigenvalue weighted by atomic mass is 10.1. The van der Waals surface area contributed by atoms with E-state index < -0.39 is 16.6 Å². The zero-order chi connectivity index (χ0) is 13.4. The summed E-state index contributed by atoms with van der Waals surface area (Å²) in [6.07, 6.45) is 0. The van der Waals surface area contributed by atoms with Gasteiger partial charge in [0.15, 0.2) is 0 Å². The minimum absolute atomic E-state index is 0.120. The van der Waals surface area contributed by atoms with Crippen LogP contribution in [0.15, 0.2) is 18.2 Å². The van der Waals surface area contributed by atoms with E-state index >= 15 is 0 Å². The van der Waals surface area contributed by atoms with Gasteiger partial charge in [-0.1, -0.05) is 13.8 Å². The molecule has 1 aromatic rings. The molecule has 0 saturated carbocycles. The SMILES string of the molecule is CC.COC(=O)c1ccc(C#N)cc1[N+](=O)[O-]. The summed E-state index contributed by atoms with van der Waals surface area (Å²) in [7, 11) is 1.13. The summed E-state index contributed by atoms with van der Waals surface area (Å²) in [5.41, 5.74) is -0.475.